The fourth-order valence-corrected chi connectivity index (χ4v) is 1.83. The second kappa shape index (κ2) is 6.45. The summed E-state index contributed by atoms with van der Waals surface area (Å²) in [7, 11) is 2.00. The van der Waals surface area contributed by atoms with Crippen LogP contribution in [0.2, 0.25) is 5.02 Å². The van der Waals surface area contributed by atoms with Crippen molar-refractivity contribution in [3.63, 3.8) is 0 Å². The lowest BCUT2D eigenvalue weighted by atomic mass is 10.1. The highest BCUT2D eigenvalue weighted by molar-refractivity contribution is 6.30. The van der Waals surface area contributed by atoms with Crippen molar-refractivity contribution in [2.75, 3.05) is 11.9 Å². The summed E-state index contributed by atoms with van der Waals surface area (Å²) in [5, 5.41) is 9.29. The largest absolute Gasteiger partial charge is 0.478 e. The minimum absolute atomic E-state index is 0.378. The van der Waals surface area contributed by atoms with Crippen LogP contribution in [0.5, 0.6) is 0 Å². The molecule has 0 aromatic heterocycles. The first-order chi connectivity index (χ1) is 8.45. The summed E-state index contributed by atoms with van der Waals surface area (Å²) in [4.78, 5) is 12.7. The number of hydrogen-bond donors (Lipinski definition) is 1. The Morgan fingerprint density at radius 2 is 2.22 bits per heavy atom. The van der Waals surface area contributed by atoms with Gasteiger partial charge in [-0.05, 0) is 43.2 Å². The zero-order chi connectivity index (χ0) is 13.7. The third-order valence-electron chi connectivity index (χ3n) is 3.03. The molecular formula is C14H18ClNO2. The maximum absolute atomic E-state index is 10.6. The summed E-state index contributed by atoms with van der Waals surface area (Å²) in [5.74, 6) is -0.966. The van der Waals surface area contributed by atoms with Gasteiger partial charge in [-0.25, -0.2) is 4.79 Å². The number of halogens is 1. The summed E-state index contributed by atoms with van der Waals surface area (Å²) in [6, 6.07) is 5.88. The molecule has 0 aliphatic rings. The van der Waals surface area contributed by atoms with E-state index in [4.69, 9.17) is 16.7 Å². The van der Waals surface area contributed by atoms with Crippen LogP contribution in [0.1, 0.15) is 25.8 Å². The van der Waals surface area contributed by atoms with Gasteiger partial charge in [-0.15, -0.1) is 0 Å². The molecule has 1 unspecified atom stereocenters. The highest BCUT2D eigenvalue weighted by atomic mass is 35.5. The molecule has 0 amide bonds. The number of carboxylic acids is 1. The van der Waals surface area contributed by atoms with E-state index in [0.717, 1.165) is 23.7 Å². The number of benzene rings is 1. The Kier molecular flexibility index (Phi) is 5.23. The van der Waals surface area contributed by atoms with Gasteiger partial charge in [0.2, 0.25) is 0 Å². The Morgan fingerprint density at radius 3 is 2.78 bits per heavy atom. The molecule has 3 nitrogen and oxygen atoms in total. The third-order valence-corrected chi connectivity index (χ3v) is 3.26. The smallest absolute Gasteiger partial charge is 0.328 e. The van der Waals surface area contributed by atoms with Gasteiger partial charge in [0, 0.05) is 29.9 Å². The van der Waals surface area contributed by atoms with E-state index >= 15 is 0 Å². The summed E-state index contributed by atoms with van der Waals surface area (Å²) in [6.45, 7) is 4.24. The molecule has 0 spiro atoms. The van der Waals surface area contributed by atoms with Crippen molar-refractivity contribution in [2.24, 2.45) is 0 Å². The molecule has 0 aliphatic carbocycles. The molecule has 0 bridgehead atoms. The molecule has 0 saturated carbocycles. The summed E-state index contributed by atoms with van der Waals surface area (Å²) < 4.78 is 0. The van der Waals surface area contributed by atoms with Crippen molar-refractivity contribution < 1.29 is 9.90 Å². The van der Waals surface area contributed by atoms with Crippen LogP contribution in [0.25, 0.3) is 6.08 Å². The second-order valence-electron chi connectivity index (χ2n) is 4.24. The molecule has 1 rings (SSSR count). The van der Waals surface area contributed by atoms with E-state index in [2.05, 4.69) is 18.7 Å². The van der Waals surface area contributed by atoms with Crippen molar-refractivity contribution in [3.8, 4) is 0 Å². The fourth-order valence-electron chi connectivity index (χ4n) is 1.65. The number of nitrogens with zero attached hydrogens (tertiary/aromatic N) is 1. The van der Waals surface area contributed by atoms with Gasteiger partial charge in [0.15, 0.2) is 0 Å². The van der Waals surface area contributed by atoms with Crippen LogP contribution in [0.15, 0.2) is 24.3 Å². The topological polar surface area (TPSA) is 40.5 Å². The molecule has 98 valence electrons. The summed E-state index contributed by atoms with van der Waals surface area (Å²) in [6.07, 6.45) is 3.71. The van der Waals surface area contributed by atoms with Crippen molar-refractivity contribution in [2.45, 2.75) is 26.3 Å². The molecule has 0 fully saturated rings. The van der Waals surface area contributed by atoms with E-state index in [1.54, 1.807) is 12.1 Å². The maximum atomic E-state index is 10.6. The van der Waals surface area contributed by atoms with Gasteiger partial charge >= 0.3 is 5.97 Å². The number of hydrogen-bond acceptors (Lipinski definition) is 2. The van der Waals surface area contributed by atoms with Gasteiger partial charge in [0.05, 0.1) is 0 Å². The monoisotopic (exact) mass is 267 g/mol. The van der Waals surface area contributed by atoms with E-state index in [1.165, 1.54) is 0 Å². The second-order valence-corrected chi connectivity index (χ2v) is 4.68. The number of carbonyl (C=O) groups is 1. The van der Waals surface area contributed by atoms with Crippen LogP contribution < -0.4 is 4.90 Å². The summed E-state index contributed by atoms with van der Waals surface area (Å²) >= 11 is 5.95. The molecule has 1 N–H and O–H groups in total. The normalized spacial score (nSPS) is 12.7. The minimum atomic E-state index is -0.966. The van der Waals surface area contributed by atoms with Crippen LogP contribution in [-0.4, -0.2) is 24.2 Å². The van der Waals surface area contributed by atoms with E-state index < -0.39 is 5.97 Å². The lowest BCUT2D eigenvalue weighted by Gasteiger charge is -2.27. The Labute approximate surface area is 113 Å². The Morgan fingerprint density at radius 1 is 1.56 bits per heavy atom. The number of aliphatic carboxylic acids is 1. The molecule has 1 aromatic carbocycles. The zero-order valence-corrected chi connectivity index (χ0v) is 11.6. The van der Waals surface area contributed by atoms with Crippen LogP contribution in [-0.2, 0) is 4.79 Å². The van der Waals surface area contributed by atoms with Gasteiger partial charge in [-0.2, -0.15) is 0 Å². The lowest BCUT2D eigenvalue weighted by molar-refractivity contribution is -0.131. The fraction of sp³-hybridized carbons (Fsp3) is 0.357. The van der Waals surface area contributed by atoms with E-state index in [1.807, 2.05) is 19.2 Å². The molecule has 0 radical (unpaired) electrons. The Hall–Kier alpha value is -1.48. The van der Waals surface area contributed by atoms with Crippen molar-refractivity contribution in [1.82, 2.24) is 0 Å². The lowest BCUT2D eigenvalue weighted by Crippen LogP contribution is -2.28. The molecule has 4 heteroatoms. The molecule has 18 heavy (non-hydrogen) atoms. The van der Waals surface area contributed by atoms with Crippen molar-refractivity contribution in [1.29, 1.82) is 0 Å². The van der Waals surface area contributed by atoms with Crippen LogP contribution >= 0.6 is 11.6 Å². The van der Waals surface area contributed by atoms with Gasteiger partial charge in [-0.3, -0.25) is 0 Å². The molecule has 0 saturated heterocycles. The number of anilines is 1. The van der Waals surface area contributed by atoms with Crippen LogP contribution in [0.3, 0.4) is 0 Å². The predicted octanol–water partition coefficient (Wildman–Crippen LogP) is 3.67. The zero-order valence-electron chi connectivity index (χ0n) is 10.9. The number of carboxylic acid groups (broad SMARTS) is 1. The standard InChI is InChI=1S/C14H18ClNO2/c1-4-10(2)16(3)13-7-6-12(15)9-11(13)5-8-14(17)18/h5-10H,4H2,1-3H3,(H,17,18)/b8-5+. The van der Waals surface area contributed by atoms with Crippen LogP contribution in [0, 0.1) is 0 Å². The SMILES string of the molecule is CCC(C)N(C)c1ccc(Cl)cc1/C=C/C(=O)O. The first kappa shape index (κ1) is 14.6. The summed E-state index contributed by atoms with van der Waals surface area (Å²) in [5.41, 5.74) is 1.79. The quantitative estimate of drug-likeness (QED) is 0.828. The van der Waals surface area contributed by atoms with Crippen molar-refractivity contribution in [3.05, 3.63) is 34.9 Å². The molecule has 1 atom stereocenters. The first-order valence-electron chi connectivity index (χ1n) is 5.89. The average Bonchev–Trinajstić information content (AvgIpc) is 2.34. The Bertz CT molecular complexity index is 457. The molecular weight excluding hydrogens is 250 g/mol. The van der Waals surface area contributed by atoms with Gasteiger partial charge < -0.3 is 10.0 Å². The number of rotatable bonds is 5. The Balaban J connectivity index is 3.14. The van der Waals surface area contributed by atoms with E-state index in [9.17, 15) is 4.79 Å². The predicted molar refractivity (Wildman–Crippen MR) is 76.3 cm³/mol. The first-order valence-corrected chi connectivity index (χ1v) is 6.27. The minimum Gasteiger partial charge on any atom is -0.478 e. The average molecular weight is 268 g/mol. The van der Waals surface area contributed by atoms with Gasteiger partial charge in [0.25, 0.3) is 0 Å². The molecule has 0 heterocycles. The maximum Gasteiger partial charge on any atom is 0.328 e. The highest BCUT2D eigenvalue weighted by Gasteiger charge is 2.11. The van der Waals surface area contributed by atoms with Crippen LogP contribution in [0.4, 0.5) is 5.69 Å². The highest BCUT2D eigenvalue weighted by Crippen LogP contribution is 2.26. The molecule has 1 aromatic rings. The van der Waals surface area contributed by atoms with Gasteiger partial charge in [0.1, 0.15) is 0 Å². The molecule has 0 aliphatic heterocycles. The van der Waals surface area contributed by atoms with Gasteiger partial charge in [-0.1, -0.05) is 18.5 Å². The van der Waals surface area contributed by atoms with E-state index in [0.29, 0.717) is 11.1 Å². The third kappa shape index (κ3) is 3.77. The van der Waals surface area contributed by atoms with Crippen molar-refractivity contribution >= 4 is 29.3 Å². The van der Waals surface area contributed by atoms with E-state index in [-0.39, 0.29) is 0 Å².